The Morgan fingerprint density at radius 3 is 2.13 bits per heavy atom. The summed E-state index contributed by atoms with van der Waals surface area (Å²) in [5.41, 5.74) is 11.2. The number of ether oxygens (including phenoxy) is 1. The van der Waals surface area contributed by atoms with Gasteiger partial charge in [-0.25, -0.2) is 0 Å². The van der Waals surface area contributed by atoms with Gasteiger partial charge in [-0.15, -0.1) is 0 Å². The van der Waals surface area contributed by atoms with Gasteiger partial charge in [0.05, 0.1) is 0 Å². The number of benzene rings is 4. The van der Waals surface area contributed by atoms with Crippen molar-refractivity contribution in [2.24, 2.45) is 0 Å². The van der Waals surface area contributed by atoms with Gasteiger partial charge < -0.3 is 9.64 Å². The summed E-state index contributed by atoms with van der Waals surface area (Å²) < 4.78 is 6.54. The summed E-state index contributed by atoms with van der Waals surface area (Å²) >= 11 is 0. The molecule has 0 bridgehead atoms. The summed E-state index contributed by atoms with van der Waals surface area (Å²) in [6, 6.07) is 28.4. The molecule has 0 aliphatic carbocycles. The van der Waals surface area contributed by atoms with E-state index < -0.39 is 0 Å². The number of hydrogen-bond donors (Lipinski definition) is 0. The maximum absolute atomic E-state index is 6.54. The van der Waals surface area contributed by atoms with E-state index in [1.807, 2.05) is 0 Å². The lowest BCUT2D eigenvalue weighted by Crippen LogP contribution is -2.60. The lowest BCUT2D eigenvalue weighted by atomic mass is 9.33. The van der Waals surface area contributed by atoms with Crippen LogP contribution in [0.15, 0.2) is 78.9 Å². The smallest absolute Gasteiger partial charge is 0.256 e. The zero-order chi connectivity index (χ0) is 20.4. The van der Waals surface area contributed by atoms with Crippen LogP contribution in [0.4, 0.5) is 17.1 Å². The van der Waals surface area contributed by atoms with Crippen LogP contribution in [0.3, 0.4) is 0 Å². The Hall–Kier alpha value is -3.46. The molecule has 0 radical (unpaired) electrons. The molecule has 2 heterocycles. The van der Waals surface area contributed by atoms with Gasteiger partial charge in [-0.3, -0.25) is 0 Å². The van der Waals surface area contributed by atoms with Crippen molar-refractivity contribution in [2.45, 2.75) is 20.8 Å². The van der Waals surface area contributed by atoms with Crippen molar-refractivity contribution >= 4 is 40.2 Å². The maximum Gasteiger partial charge on any atom is 0.256 e. The van der Waals surface area contributed by atoms with E-state index in [-0.39, 0.29) is 6.71 Å². The first-order chi connectivity index (χ1) is 14.6. The van der Waals surface area contributed by atoms with Crippen LogP contribution >= 0.6 is 0 Å². The van der Waals surface area contributed by atoms with Crippen LogP contribution in [-0.4, -0.2) is 6.71 Å². The molecule has 2 nitrogen and oxygen atoms in total. The molecule has 4 aromatic carbocycles. The molecule has 0 saturated heterocycles. The zero-order valence-corrected chi connectivity index (χ0v) is 17.4. The molecule has 3 heteroatoms. The van der Waals surface area contributed by atoms with Gasteiger partial charge in [-0.1, -0.05) is 48.0 Å². The molecule has 30 heavy (non-hydrogen) atoms. The van der Waals surface area contributed by atoms with Crippen molar-refractivity contribution < 1.29 is 4.74 Å². The van der Waals surface area contributed by atoms with E-state index in [4.69, 9.17) is 4.74 Å². The highest BCUT2D eigenvalue weighted by atomic mass is 16.5. The molecule has 0 N–H and O–H groups in total. The summed E-state index contributed by atoms with van der Waals surface area (Å²) in [6.07, 6.45) is 0. The van der Waals surface area contributed by atoms with Gasteiger partial charge in [0, 0.05) is 17.1 Å². The fraction of sp³-hybridized carbons (Fsp3) is 0.111. The molecular formula is C27H22BNO. The van der Waals surface area contributed by atoms with Gasteiger partial charge >= 0.3 is 0 Å². The number of aryl methyl sites for hydroxylation is 3. The molecule has 2 aliphatic rings. The first kappa shape index (κ1) is 17.4. The number of rotatable bonds is 1. The Morgan fingerprint density at radius 1 is 0.667 bits per heavy atom. The van der Waals surface area contributed by atoms with Crippen molar-refractivity contribution in [1.82, 2.24) is 0 Å². The summed E-state index contributed by atoms with van der Waals surface area (Å²) in [4.78, 5) is 2.38. The molecule has 6 rings (SSSR count). The lowest BCUT2D eigenvalue weighted by molar-refractivity contribution is 0.486. The third-order valence-corrected chi connectivity index (χ3v) is 6.30. The molecule has 0 spiro atoms. The monoisotopic (exact) mass is 387 g/mol. The minimum Gasteiger partial charge on any atom is -0.458 e. The minimum absolute atomic E-state index is 0.177. The summed E-state index contributed by atoms with van der Waals surface area (Å²) in [5.74, 6) is 1.97. The Bertz CT molecular complexity index is 1310. The topological polar surface area (TPSA) is 12.5 Å². The van der Waals surface area contributed by atoms with E-state index in [1.165, 1.54) is 50.1 Å². The first-order valence-electron chi connectivity index (χ1n) is 10.5. The van der Waals surface area contributed by atoms with Crippen LogP contribution in [0.2, 0.25) is 0 Å². The molecule has 0 unspecified atom stereocenters. The van der Waals surface area contributed by atoms with Crippen molar-refractivity contribution in [3.8, 4) is 11.5 Å². The Balaban J connectivity index is 1.72. The molecule has 0 saturated carbocycles. The Labute approximate surface area is 177 Å². The van der Waals surface area contributed by atoms with Crippen molar-refractivity contribution in [1.29, 1.82) is 0 Å². The predicted octanol–water partition coefficient (Wildman–Crippen LogP) is 5.02. The van der Waals surface area contributed by atoms with E-state index in [9.17, 15) is 0 Å². The molecule has 0 amide bonds. The van der Waals surface area contributed by atoms with Crippen molar-refractivity contribution in [2.75, 3.05) is 4.90 Å². The summed E-state index contributed by atoms with van der Waals surface area (Å²) in [5, 5.41) is 0. The van der Waals surface area contributed by atoms with Crippen LogP contribution in [-0.2, 0) is 0 Å². The van der Waals surface area contributed by atoms with Crippen LogP contribution in [0, 0.1) is 20.8 Å². The highest BCUT2D eigenvalue weighted by Gasteiger charge is 2.42. The van der Waals surface area contributed by atoms with Gasteiger partial charge in [0.2, 0.25) is 0 Å². The lowest BCUT2D eigenvalue weighted by Gasteiger charge is -2.40. The molecule has 0 aromatic heterocycles. The van der Waals surface area contributed by atoms with E-state index in [0.29, 0.717) is 0 Å². The molecule has 0 atom stereocenters. The van der Waals surface area contributed by atoms with Crippen LogP contribution in [0.5, 0.6) is 11.5 Å². The van der Waals surface area contributed by atoms with Gasteiger partial charge in [0.1, 0.15) is 11.5 Å². The van der Waals surface area contributed by atoms with E-state index in [2.05, 4.69) is 105 Å². The van der Waals surface area contributed by atoms with Crippen LogP contribution in [0.25, 0.3) is 0 Å². The third-order valence-electron chi connectivity index (χ3n) is 6.30. The fourth-order valence-electron chi connectivity index (χ4n) is 5.19. The number of para-hydroxylation sites is 2. The SMILES string of the molecule is Cc1cc(C)c2c(c1)Oc1cc(C)cc3c1B2c1ccccc1N3c1ccccc1. The van der Waals surface area contributed by atoms with Gasteiger partial charge in [-0.2, -0.15) is 0 Å². The molecule has 4 aromatic rings. The average molecular weight is 387 g/mol. The summed E-state index contributed by atoms with van der Waals surface area (Å²) in [7, 11) is 0. The van der Waals surface area contributed by atoms with Crippen LogP contribution < -0.4 is 26.0 Å². The fourth-order valence-corrected chi connectivity index (χ4v) is 5.19. The number of hydrogen-bond acceptors (Lipinski definition) is 2. The third kappa shape index (κ3) is 2.38. The molecule has 2 aliphatic heterocycles. The highest BCUT2D eigenvalue weighted by Crippen LogP contribution is 2.41. The minimum atomic E-state index is 0.177. The second-order valence-corrected chi connectivity index (χ2v) is 8.45. The summed E-state index contributed by atoms with van der Waals surface area (Å²) in [6.45, 7) is 6.67. The maximum atomic E-state index is 6.54. The Morgan fingerprint density at radius 2 is 1.33 bits per heavy atom. The zero-order valence-electron chi connectivity index (χ0n) is 17.4. The highest BCUT2D eigenvalue weighted by molar-refractivity contribution is 6.99. The normalized spacial score (nSPS) is 13.3. The second-order valence-electron chi connectivity index (χ2n) is 8.45. The number of fused-ring (bicyclic) bond motifs is 4. The number of nitrogens with zero attached hydrogens (tertiary/aromatic N) is 1. The Kier molecular flexibility index (Phi) is 3.64. The average Bonchev–Trinajstić information content (AvgIpc) is 2.73. The second kappa shape index (κ2) is 6.27. The molecule has 0 fully saturated rings. The number of anilines is 3. The van der Waals surface area contributed by atoms with Crippen LogP contribution in [0.1, 0.15) is 16.7 Å². The van der Waals surface area contributed by atoms with Crippen molar-refractivity contribution in [3.63, 3.8) is 0 Å². The largest absolute Gasteiger partial charge is 0.458 e. The first-order valence-corrected chi connectivity index (χ1v) is 10.5. The standard InChI is InChI=1S/C27H22BNO/c1-17-13-19(3)26-24(15-17)30-25-16-18(2)14-23-27(25)28(26)21-11-7-8-12-22(21)29(23)20-9-5-4-6-10-20/h4-16H,1-3H3. The van der Waals surface area contributed by atoms with Gasteiger partial charge in [0.25, 0.3) is 6.71 Å². The molecular weight excluding hydrogens is 365 g/mol. The predicted molar refractivity (Wildman–Crippen MR) is 127 cm³/mol. The van der Waals surface area contributed by atoms with Gasteiger partial charge in [-0.05, 0) is 84.7 Å². The van der Waals surface area contributed by atoms with Gasteiger partial charge in [0.15, 0.2) is 0 Å². The van der Waals surface area contributed by atoms with E-state index in [1.54, 1.807) is 0 Å². The van der Waals surface area contributed by atoms with E-state index in [0.717, 1.165) is 11.5 Å². The molecule has 144 valence electrons. The van der Waals surface area contributed by atoms with Crippen molar-refractivity contribution in [3.05, 3.63) is 95.6 Å². The quantitative estimate of drug-likeness (QED) is 0.368. The van der Waals surface area contributed by atoms with E-state index >= 15 is 0 Å².